The highest BCUT2D eigenvalue weighted by molar-refractivity contribution is 9.10. The fraction of sp³-hybridized carbons (Fsp3) is 0.118. The van der Waals surface area contributed by atoms with Crippen molar-refractivity contribution in [2.75, 3.05) is 6.54 Å². The maximum atomic E-state index is 13.9. The zero-order valence-electron chi connectivity index (χ0n) is 12.0. The van der Waals surface area contributed by atoms with Crippen molar-refractivity contribution >= 4 is 21.8 Å². The van der Waals surface area contributed by atoms with Crippen LogP contribution in [-0.4, -0.2) is 17.4 Å². The molecule has 0 unspecified atom stereocenters. The number of hydrogen-bond donors (Lipinski definition) is 0. The molecular weight excluding hydrogens is 371 g/mol. The van der Waals surface area contributed by atoms with Gasteiger partial charge in [-0.1, -0.05) is 28.1 Å². The van der Waals surface area contributed by atoms with Crippen molar-refractivity contribution in [1.29, 1.82) is 0 Å². The molecule has 0 heterocycles. The molecule has 2 aromatic rings. The first-order chi connectivity index (χ1) is 10.9. The molecule has 0 aliphatic carbocycles. The lowest BCUT2D eigenvalue weighted by atomic mass is 10.1. The SMILES string of the molecule is C=CCN(Cc1cc(Br)ccc1F)C(=O)c1cccc(F)c1F. The van der Waals surface area contributed by atoms with Crippen molar-refractivity contribution in [2.24, 2.45) is 0 Å². The van der Waals surface area contributed by atoms with Crippen molar-refractivity contribution in [3.8, 4) is 0 Å². The molecule has 0 aliphatic heterocycles. The number of halogens is 4. The monoisotopic (exact) mass is 383 g/mol. The first-order valence-electron chi connectivity index (χ1n) is 6.72. The van der Waals surface area contributed by atoms with Crippen LogP contribution < -0.4 is 0 Å². The van der Waals surface area contributed by atoms with Crippen molar-refractivity contribution in [1.82, 2.24) is 4.90 Å². The fourth-order valence-corrected chi connectivity index (χ4v) is 2.49. The largest absolute Gasteiger partial charge is 0.330 e. The minimum absolute atomic E-state index is 0.0702. The van der Waals surface area contributed by atoms with E-state index in [1.54, 1.807) is 0 Å². The molecule has 0 N–H and O–H groups in total. The van der Waals surface area contributed by atoms with E-state index >= 15 is 0 Å². The minimum atomic E-state index is -1.22. The number of hydrogen-bond acceptors (Lipinski definition) is 1. The predicted molar refractivity (Wildman–Crippen MR) is 85.4 cm³/mol. The van der Waals surface area contributed by atoms with Crippen LogP contribution in [0, 0.1) is 17.5 Å². The van der Waals surface area contributed by atoms with Crippen LogP contribution in [0.2, 0.25) is 0 Å². The summed E-state index contributed by atoms with van der Waals surface area (Å²) in [6.45, 7) is 3.51. The summed E-state index contributed by atoms with van der Waals surface area (Å²) < 4.78 is 41.6. The van der Waals surface area contributed by atoms with Crippen molar-refractivity contribution in [3.05, 3.63) is 82.1 Å². The standard InChI is InChI=1S/C17H13BrF3NO/c1-2-8-22(10-11-9-12(18)6-7-14(11)19)17(23)13-4-3-5-15(20)16(13)21/h2-7,9H,1,8,10H2. The minimum Gasteiger partial charge on any atom is -0.330 e. The topological polar surface area (TPSA) is 20.3 Å². The Bertz CT molecular complexity index is 749. The first-order valence-corrected chi connectivity index (χ1v) is 7.51. The maximum Gasteiger partial charge on any atom is 0.257 e. The molecule has 120 valence electrons. The summed E-state index contributed by atoms with van der Waals surface area (Å²) in [5, 5.41) is 0. The lowest BCUT2D eigenvalue weighted by molar-refractivity contribution is 0.0755. The lowest BCUT2D eigenvalue weighted by Crippen LogP contribution is -2.32. The molecule has 0 aliphatic rings. The zero-order valence-corrected chi connectivity index (χ0v) is 13.6. The Hall–Kier alpha value is -2.08. The Morgan fingerprint density at radius 1 is 1.17 bits per heavy atom. The predicted octanol–water partition coefficient (Wildman–Crippen LogP) is 4.69. The molecule has 1 amide bonds. The molecule has 2 rings (SSSR count). The van der Waals surface area contributed by atoms with Crippen LogP contribution >= 0.6 is 15.9 Å². The summed E-state index contributed by atoms with van der Waals surface area (Å²) in [6.07, 6.45) is 1.44. The van der Waals surface area contributed by atoms with E-state index < -0.39 is 28.9 Å². The normalized spacial score (nSPS) is 10.4. The van der Waals surface area contributed by atoms with Crippen molar-refractivity contribution in [2.45, 2.75) is 6.54 Å². The summed E-state index contributed by atoms with van der Waals surface area (Å²) >= 11 is 3.23. The Kier molecular flexibility index (Phi) is 5.60. The number of amides is 1. The van der Waals surface area contributed by atoms with Gasteiger partial charge in [-0.25, -0.2) is 13.2 Å². The number of nitrogens with zero attached hydrogens (tertiary/aromatic N) is 1. The Labute approximate surface area is 140 Å². The Morgan fingerprint density at radius 2 is 1.91 bits per heavy atom. The highest BCUT2D eigenvalue weighted by Gasteiger charge is 2.21. The molecule has 2 nitrogen and oxygen atoms in total. The van der Waals surface area contributed by atoms with Gasteiger partial charge in [-0.3, -0.25) is 4.79 Å². The second-order valence-electron chi connectivity index (χ2n) is 4.81. The van der Waals surface area contributed by atoms with Gasteiger partial charge in [0.05, 0.1) is 5.56 Å². The molecule has 23 heavy (non-hydrogen) atoms. The van der Waals surface area contributed by atoms with Gasteiger partial charge in [0.15, 0.2) is 11.6 Å². The van der Waals surface area contributed by atoms with Gasteiger partial charge >= 0.3 is 0 Å². The molecule has 0 radical (unpaired) electrons. The molecule has 0 saturated carbocycles. The molecule has 0 aromatic heterocycles. The molecular formula is C17H13BrF3NO. The molecule has 2 aromatic carbocycles. The summed E-state index contributed by atoms with van der Waals surface area (Å²) in [5.74, 6) is -3.56. The molecule has 0 bridgehead atoms. The van der Waals surface area contributed by atoms with Gasteiger partial charge in [-0.15, -0.1) is 6.58 Å². The van der Waals surface area contributed by atoms with Gasteiger partial charge in [0, 0.05) is 23.1 Å². The highest BCUT2D eigenvalue weighted by Crippen LogP contribution is 2.20. The zero-order chi connectivity index (χ0) is 17.0. The third-order valence-corrected chi connectivity index (χ3v) is 3.68. The van der Waals surface area contributed by atoms with Crippen LogP contribution in [0.3, 0.4) is 0 Å². The van der Waals surface area contributed by atoms with Crippen LogP contribution in [0.15, 0.2) is 53.5 Å². The third-order valence-electron chi connectivity index (χ3n) is 3.19. The van der Waals surface area contributed by atoms with E-state index in [4.69, 9.17) is 0 Å². The smallest absolute Gasteiger partial charge is 0.257 e. The average molecular weight is 384 g/mol. The van der Waals surface area contributed by atoms with E-state index in [2.05, 4.69) is 22.5 Å². The summed E-state index contributed by atoms with van der Waals surface area (Å²) in [7, 11) is 0. The number of carbonyl (C=O) groups is 1. The Morgan fingerprint density at radius 3 is 2.61 bits per heavy atom. The van der Waals surface area contributed by atoms with Gasteiger partial charge in [-0.05, 0) is 30.3 Å². The molecule has 0 fully saturated rings. The maximum absolute atomic E-state index is 13.9. The quantitative estimate of drug-likeness (QED) is 0.685. The average Bonchev–Trinajstić information content (AvgIpc) is 2.52. The van der Waals surface area contributed by atoms with E-state index in [0.29, 0.717) is 4.47 Å². The van der Waals surface area contributed by atoms with E-state index in [1.165, 1.54) is 41.3 Å². The van der Waals surface area contributed by atoms with Crippen LogP contribution in [-0.2, 0) is 6.54 Å². The number of benzene rings is 2. The third kappa shape index (κ3) is 4.01. The number of rotatable bonds is 5. The van der Waals surface area contributed by atoms with Crippen molar-refractivity contribution in [3.63, 3.8) is 0 Å². The van der Waals surface area contributed by atoms with E-state index in [-0.39, 0.29) is 18.7 Å². The fourth-order valence-electron chi connectivity index (χ4n) is 2.08. The van der Waals surface area contributed by atoms with Crippen LogP contribution in [0.4, 0.5) is 13.2 Å². The first kappa shape index (κ1) is 17.3. The van der Waals surface area contributed by atoms with Gasteiger partial charge in [0.25, 0.3) is 5.91 Å². The van der Waals surface area contributed by atoms with Gasteiger partial charge < -0.3 is 4.90 Å². The van der Waals surface area contributed by atoms with Gasteiger partial charge in [-0.2, -0.15) is 0 Å². The van der Waals surface area contributed by atoms with E-state index in [9.17, 15) is 18.0 Å². The van der Waals surface area contributed by atoms with Gasteiger partial charge in [0.2, 0.25) is 0 Å². The molecule has 0 spiro atoms. The molecule has 6 heteroatoms. The van der Waals surface area contributed by atoms with E-state index in [1.807, 2.05) is 0 Å². The lowest BCUT2D eigenvalue weighted by Gasteiger charge is -2.22. The van der Waals surface area contributed by atoms with Crippen molar-refractivity contribution < 1.29 is 18.0 Å². The van der Waals surface area contributed by atoms with Gasteiger partial charge in [0.1, 0.15) is 5.82 Å². The van der Waals surface area contributed by atoms with Crippen LogP contribution in [0.1, 0.15) is 15.9 Å². The van der Waals surface area contributed by atoms with E-state index in [0.717, 1.165) is 6.07 Å². The summed E-state index contributed by atoms with van der Waals surface area (Å²) in [5.41, 5.74) is -0.145. The second kappa shape index (κ2) is 7.46. The molecule has 0 atom stereocenters. The van der Waals surface area contributed by atoms with Crippen LogP contribution in [0.5, 0.6) is 0 Å². The second-order valence-corrected chi connectivity index (χ2v) is 5.73. The summed E-state index contributed by atoms with van der Waals surface area (Å²) in [6, 6.07) is 7.69. The highest BCUT2D eigenvalue weighted by atomic mass is 79.9. The number of carbonyl (C=O) groups excluding carboxylic acids is 1. The Balaban J connectivity index is 2.34. The molecule has 0 saturated heterocycles. The summed E-state index contributed by atoms with van der Waals surface area (Å²) in [4.78, 5) is 13.6. The van der Waals surface area contributed by atoms with Crippen LogP contribution in [0.25, 0.3) is 0 Å².